The maximum Gasteiger partial charge on any atom is 0.271 e. The lowest BCUT2D eigenvalue weighted by atomic mass is 10.1. The first-order valence-corrected chi connectivity index (χ1v) is 11.4. The molecule has 0 atom stereocenters. The van der Waals surface area contributed by atoms with Gasteiger partial charge in [0.2, 0.25) is 0 Å². The van der Waals surface area contributed by atoms with Gasteiger partial charge in [0.15, 0.2) is 11.7 Å². The van der Waals surface area contributed by atoms with Crippen molar-refractivity contribution in [2.24, 2.45) is 5.10 Å². The summed E-state index contributed by atoms with van der Waals surface area (Å²) in [5.41, 5.74) is 6.22. The van der Waals surface area contributed by atoms with E-state index in [1.54, 1.807) is 30.3 Å². The summed E-state index contributed by atoms with van der Waals surface area (Å²) in [5, 5.41) is 19.3. The van der Waals surface area contributed by atoms with Gasteiger partial charge in [-0.1, -0.05) is 35.9 Å². The van der Waals surface area contributed by atoms with Crippen LogP contribution in [0.25, 0.3) is 11.3 Å². The molecule has 0 radical (unpaired) electrons. The second kappa shape index (κ2) is 11.1. The number of benzene rings is 3. The van der Waals surface area contributed by atoms with E-state index in [0.717, 1.165) is 22.1 Å². The molecule has 0 fully saturated rings. The van der Waals surface area contributed by atoms with Gasteiger partial charge in [0.1, 0.15) is 11.8 Å². The minimum atomic E-state index is -0.346. The van der Waals surface area contributed by atoms with Crippen molar-refractivity contribution < 1.29 is 9.53 Å². The molecule has 1 heterocycles. The van der Waals surface area contributed by atoms with Crippen molar-refractivity contribution in [3.05, 3.63) is 94.3 Å². The number of nitrogens with one attached hydrogen (secondary N) is 2. The van der Waals surface area contributed by atoms with Crippen LogP contribution in [0.1, 0.15) is 15.9 Å². The molecule has 1 amide bonds. The molecule has 34 heavy (non-hydrogen) atoms. The van der Waals surface area contributed by atoms with Crippen LogP contribution in [0, 0.1) is 11.3 Å². The Morgan fingerprint density at radius 2 is 1.88 bits per heavy atom. The number of halogens is 1. The fourth-order valence-corrected chi connectivity index (χ4v) is 3.83. The van der Waals surface area contributed by atoms with Gasteiger partial charge in [-0.05, 0) is 48.5 Å². The molecule has 0 saturated carbocycles. The highest BCUT2D eigenvalue weighted by Gasteiger charge is 2.08. The monoisotopic (exact) mass is 487 g/mol. The van der Waals surface area contributed by atoms with E-state index in [9.17, 15) is 4.79 Å². The van der Waals surface area contributed by atoms with Crippen LogP contribution in [0.4, 0.5) is 10.8 Å². The minimum absolute atomic E-state index is 0.0682. The summed E-state index contributed by atoms with van der Waals surface area (Å²) in [6.45, 7) is -0.0682. The van der Waals surface area contributed by atoms with E-state index in [4.69, 9.17) is 21.6 Å². The number of amides is 1. The molecule has 1 aromatic heterocycles. The quantitative estimate of drug-likeness (QED) is 0.239. The Morgan fingerprint density at radius 1 is 1.12 bits per heavy atom. The molecule has 0 spiro atoms. The molecule has 0 aliphatic heterocycles. The van der Waals surface area contributed by atoms with Gasteiger partial charge in [-0.15, -0.1) is 11.3 Å². The van der Waals surface area contributed by atoms with Crippen LogP contribution in [-0.2, 0) is 0 Å². The molecule has 0 aliphatic carbocycles. The molecular formula is C25H18ClN5O2S. The van der Waals surface area contributed by atoms with E-state index >= 15 is 0 Å². The first kappa shape index (κ1) is 23.0. The van der Waals surface area contributed by atoms with Gasteiger partial charge < -0.3 is 10.1 Å². The number of hydrogen-bond acceptors (Lipinski definition) is 7. The van der Waals surface area contributed by atoms with Crippen LogP contribution in [0.15, 0.2) is 83.3 Å². The lowest BCUT2D eigenvalue weighted by molar-refractivity contribution is 0.0955. The Bertz CT molecular complexity index is 1340. The van der Waals surface area contributed by atoms with E-state index in [1.165, 1.54) is 17.6 Å². The van der Waals surface area contributed by atoms with Crippen LogP contribution >= 0.6 is 22.9 Å². The number of carbonyl (C=O) groups excluding carboxylic acids is 1. The largest absolute Gasteiger partial charge is 0.478 e. The lowest BCUT2D eigenvalue weighted by Gasteiger charge is -2.05. The van der Waals surface area contributed by atoms with Gasteiger partial charge in [-0.3, -0.25) is 4.79 Å². The van der Waals surface area contributed by atoms with E-state index in [-0.39, 0.29) is 12.5 Å². The summed E-state index contributed by atoms with van der Waals surface area (Å²) in [7, 11) is 0. The van der Waals surface area contributed by atoms with Crippen LogP contribution in [0.5, 0.6) is 5.75 Å². The Labute approximate surface area is 205 Å². The number of carbonyl (C=O) groups is 1. The minimum Gasteiger partial charge on any atom is -0.478 e. The zero-order chi connectivity index (χ0) is 23.8. The van der Waals surface area contributed by atoms with Crippen molar-refractivity contribution >= 4 is 45.9 Å². The third-order valence-corrected chi connectivity index (χ3v) is 5.63. The molecular weight excluding hydrogens is 470 g/mol. The Balaban J connectivity index is 1.37. The summed E-state index contributed by atoms with van der Waals surface area (Å²) in [6, 6.07) is 23.6. The molecule has 2 N–H and O–H groups in total. The predicted octanol–water partition coefficient (Wildman–Crippen LogP) is 5.87. The number of nitriles is 1. The van der Waals surface area contributed by atoms with Crippen LogP contribution < -0.4 is 15.5 Å². The number of hydrogen-bond donors (Lipinski definition) is 2. The zero-order valence-electron chi connectivity index (χ0n) is 17.7. The normalized spacial score (nSPS) is 10.6. The van der Waals surface area contributed by atoms with Crippen molar-refractivity contribution in [3.8, 4) is 23.1 Å². The predicted molar refractivity (Wildman–Crippen MR) is 135 cm³/mol. The highest BCUT2D eigenvalue weighted by Crippen LogP contribution is 2.28. The lowest BCUT2D eigenvalue weighted by Crippen LogP contribution is -2.17. The molecule has 4 aromatic rings. The maximum absolute atomic E-state index is 12.4. The Hall–Kier alpha value is -4.19. The molecule has 0 saturated heterocycles. The molecule has 9 heteroatoms. The summed E-state index contributed by atoms with van der Waals surface area (Å²) in [6.07, 6.45) is 1.48. The number of aromatic nitrogens is 1. The number of para-hydroxylation sites is 1. The van der Waals surface area contributed by atoms with Crippen molar-refractivity contribution in [2.45, 2.75) is 0 Å². The molecule has 0 bridgehead atoms. The van der Waals surface area contributed by atoms with Crippen molar-refractivity contribution in [2.75, 3.05) is 11.9 Å². The van der Waals surface area contributed by atoms with Crippen LogP contribution in [-0.4, -0.2) is 23.7 Å². The zero-order valence-corrected chi connectivity index (χ0v) is 19.3. The number of ether oxygens (including phenoxy) is 1. The van der Waals surface area contributed by atoms with Crippen molar-refractivity contribution in [1.82, 2.24) is 10.4 Å². The highest BCUT2D eigenvalue weighted by molar-refractivity contribution is 7.14. The van der Waals surface area contributed by atoms with Gasteiger partial charge in [0.25, 0.3) is 5.91 Å². The van der Waals surface area contributed by atoms with Crippen LogP contribution in [0.2, 0.25) is 5.02 Å². The number of nitrogens with zero attached hydrogens (tertiary/aromatic N) is 3. The molecule has 4 rings (SSSR count). The summed E-state index contributed by atoms with van der Waals surface area (Å²) in [4.78, 5) is 17.0. The highest BCUT2D eigenvalue weighted by atomic mass is 35.5. The molecule has 0 aliphatic rings. The first-order valence-electron chi connectivity index (χ1n) is 10.1. The van der Waals surface area contributed by atoms with E-state index in [1.807, 2.05) is 53.9 Å². The Kier molecular flexibility index (Phi) is 7.50. The van der Waals surface area contributed by atoms with Crippen molar-refractivity contribution in [3.63, 3.8) is 0 Å². The first-order chi connectivity index (χ1) is 16.6. The Morgan fingerprint density at radius 3 is 2.65 bits per heavy atom. The topological polar surface area (TPSA) is 99.4 Å². The second-order valence-corrected chi connectivity index (χ2v) is 8.23. The van der Waals surface area contributed by atoms with E-state index in [2.05, 4.69) is 20.8 Å². The number of hydrazone groups is 1. The molecule has 168 valence electrons. The van der Waals surface area contributed by atoms with Gasteiger partial charge >= 0.3 is 0 Å². The third kappa shape index (κ3) is 5.98. The number of thiazole rings is 1. The van der Waals surface area contributed by atoms with E-state index < -0.39 is 0 Å². The second-order valence-electron chi connectivity index (χ2n) is 6.93. The van der Waals surface area contributed by atoms with Gasteiger partial charge in [-0.2, -0.15) is 10.4 Å². The fourth-order valence-electron chi connectivity index (χ4n) is 2.97. The van der Waals surface area contributed by atoms with E-state index in [0.29, 0.717) is 21.9 Å². The maximum atomic E-state index is 12.4. The summed E-state index contributed by atoms with van der Waals surface area (Å²) < 4.78 is 5.34. The average Bonchev–Trinajstić information content (AvgIpc) is 3.33. The van der Waals surface area contributed by atoms with Gasteiger partial charge in [-0.25, -0.2) is 10.4 Å². The smallest absolute Gasteiger partial charge is 0.271 e. The van der Waals surface area contributed by atoms with Gasteiger partial charge in [0.05, 0.1) is 11.9 Å². The molecule has 3 aromatic carbocycles. The molecule has 7 nitrogen and oxygen atoms in total. The summed E-state index contributed by atoms with van der Waals surface area (Å²) >= 11 is 7.41. The molecule has 0 unspecified atom stereocenters. The SMILES string of the molecule is N#CCOc1ccccc1/C=N\NC(=O)c1ccc(-c2csc(Nc3ccc(Cl)cc3)n2)cc1. The average molecular weight is 488 g/mol. The number of rotatable bonds is 8. The summed E-state index contributed by atoms with van der Waals surface area (Å²) in [5.74, 6) is 0.168. The number of anilines is 2. The standard InChI is InChI=1S/C25H18ClN5O2S/c26-20-9-11-21(12-10-20)29-25-30-22(16-34-25)17-5-7-18(8-6-17)24(32)31-28-15-19-3-1-2-4-23(19)33-14-13-27/h1-12,15-16H,14H2,(H,29,30)(H,31,32)/b28-15-. The van der Waals surface area contributed by atoms with Gasteiger partial charge in [0, 0.05) is 32.8 Å². The fraction of sp³-hybridized carbons (Fsp3) is 0.0400. The van der Waals surface area contributed by atoms with Crippen LogP contribution in [0.3, 0.4) is 0 Å². The van der Waals surface area contributed by atoms with Crippen molar-refractivity contribution in [1.29, 1.82) is 5.26 Å². The third-order valence-electron chi connectivity index (χ3n) is 4.62.